The molecule has 0 bridgehead atoms. The summed E-state index contributed by atoms with van der Waals surface area (Å²) in [5.74, 6) is 1.58. The Morgan fingerprint density at radius 3 is 2.57 bits per heavy atom. The van der Waals surface area contributed by atoms with Crippen molar-refractivity contribution in [3.05, 3.63) is 23.9 Å². The average molecular weight is 213 g/mol. The lowest BCUT2D eigenvalue weighted by molar-refractivity contribution is 0.778. The Kier molecular flexibility index (Phi) is 4.74. The number of anilines is 1. The summed E-state index contributed by atoms with van der Waals surface area (Å²) in [6, 6.07) is 4.07. The molecule has 1 heterocycles. The van der Waals surface area contributed by atoms with Gasteiger partial charge in [0.1, 0.15) is 5.82 Å². The van der Waals surface area contributed by atoms with Gasteiger partial charge in [-0.05, 0) is 25.0 Å². The molecule has 1 aromatic rings. The maximum absolute atomic E-state index is 5.70. The highest BCUT2D eigenvalue weighted by molar-refractivity contribution is 6.17. The van der Waals surface area contributed by atoms with E-state index < -0.39 is 0 Å². The van der Waals surface area contributed by atoms with Crippen LogP contribution in [0.25, 0.3) is 0 Å². The van der Waals surface area contributed by atoms with E-state index in [9.17, 15) is 0 Å². The third-order valence-corrected chi connectivity index (χ3v) is 2.47. The summed E-state index contributed by atoms with van der Waals surface area (Å²) in [5, 5.41) is 0. The second-order valence-electron chi connectivity index (χ2n) is 3.24. The largest absolute Gasteiger partial charge is 0.357 e. The smallest absolute Gasteiger partial charge is 0.128 e. The average Bonchev–Trinajstić information content (AvgIpc) is 2.26. The number of hydrogen-bond donors (Lipinski definition) is 0. The van der Waals surface area contributed by atoms with E-state index in [0.29, 0.717) is 5.88 Å². The van der Waals surface area contributed by atoms with Crippen LogP contribution < -0.4 is 4.90 Å². The van der Waals surface area contributed by atoms with Gasteiger partial charge in [-0.2, -0.15) is 0 Å². The zero-order valence-corrected chi connectivity index (χ0v) is 9.59. The highest BCUT2D eigenvalue weighted by Gasteiger charge is 2.03. The molecule has 0 aliphatic heterocycles. The zero-order valence-electron chi connectivity index (χ0n) is 8.83. The molecule has 2 nitrogen and oxygen atoms in total. The van der Waals surface area contributed by atoms with E-state index in [1.165, 1.54) is 0 Å². The fourth-order valence-electron chi connectivity index (χ4n) is 1.39. The summed E-state index contributed by atoms with van der Waals surface area (Å²) in [6.45, 7) is 6.38. The Morgan fingerprint density at radius 2 is 2.14 bits per heavy atom. The van der Waals surface area contributed by atoms with Gasteiger partial charge < -0.3 is 4.90 Å². The van der Waals surface area contributed by atoms with E-state index in [2.05, 4.69) is 23.7 Å². The lowest BCUT2D eigenvalue weighted by atomic mass is 10.3. The summed E-state index contributed by atoms with van der Waals surface area (Å²) in [5.41, 5.74) is 1.07. The first kappa shape index (κ1) is 11.3. The number of aromatic nitrogens is 1. The molecule has 1 rings (SSSR count). The molecule has 0 N–H and O–H groups in total. The SMILES string of the molecule is CCCN(CC)c1ccc(CCl)cn1. The minimum Gasteiger partial charge on any atom is -0.357 e. The van der Waals surface area contributed by atoms with Crippen LogP contribution in [-0.2, 0) is 5.88 Å². The third-order valence-electron chi connectivity index (χ3n) is 2.16. The molecule has 0 amide bonds. The zero-order chi connectivity index (χ0) is 10.4. The van der Waals surface area contributed by atoms with Crippen molar-refractivity contribution in [2.45, 2.75) is 26.1 Å². The molecule has 0 radical (unpaired) electrons. The van der Waals surface area contributed by atoms with Crippen molar-refractivity contribution in [3.63, 3.8) is 0 Å². The van der Waals surface area contributed by atoms with Crippen LogP contribution >= 0.6 is 11.6 Å². The molecule has 0 aliphatic carbocycles. The summed E-state index contributed by atoms with van der Waals surface area (Å²) >= 11 is 5.70. The lowest BCUT2D eigenvalue weighted by Crippen LogP contribution is -2.24. The van der Waals surface area contributed by atoms with Crippen LogP contribution in [0.1, 0.15) is 25.8 Å². The van der Waals surface area contributed by atoms with Gasteiger partial charge in [-0.3, -0.25) is 0 Å². The van der Waals surface area contributed by atoms with E-state index in [4.69, 9.17) is 11.6 Å². The number of alkyl halides is 1. The van der Waals surface area contributed by atoms with Gasteiger partial charge in [0, 0.05) is 25.2 Å². The predicted octanol–water partition coefficient (Wildman–Crippen LogP) is 3.06. The van der Waals surface area contributed by atoms with Crippen molar-refractivity contribution in [2.75, 3.05) is 18.0 Å². The number of pyridine rings is 1. The summed E-state index contributed by atoms with van der Waals surface area (Å²) < 4.78 is 0. The Balaban J connectivity index is 2.73. The highest BCUT2D eigenvalue weighted by atomic mass is 35.5. The van der Waals surface area contributed by atoms with Crippen molar-refractivity contribution in [2.24, 2.45) is 0 Å². The molecule has 0 saturated heterocycles. The number of nitrogens with zero attached hydrogens (tertiary/aromatic N) is 2. The molecule has 0 aliphatic rings. The fraction of sp³-hybridized carbons (Fsp3) is 0.545. The summed E-state index contributed by atoms with van der Waals surface area (Å²) in [7, 11) is 0. The van der Waals surface area contributed by atoms with Crippen LogP contribution in [0.5, 0.6) is 0 Å². The molecule has 0 spiro atoms. The molecular weight excluding hydrogens is 196 g/mol. The Bertz CT molecular complexity index is 258. The molecule has 3 heteroatoms. The Labute approximate surface area is 90.9 Å². The molecule has 14 heavy (non-hydrogen) atoms. The Hall–Kier alpha value is -0.760. The topological polar surface area (TPSA) is 16.1 Å². The van der Waals surface area contributed by atoms with Gasteiger partial charge in [0.15, 0.2) is 0 Å². The van der Waals surface area contributed by atoms with Gasteiger partial charge in [0.25, 0.3) is 0 Å². The molecule has 0 unspecified atom stereocenters. The van der Waals surface area contributed by atoms with Gasteiger partial charge in [-0.15, -0.1) is 11.6 Å². The lowest BCUT2D eigenvalue weighted by Gasteiger charge is -2.20. The van der Waals surface area contributed by atoms with Crippen LogP contribution in [0.15, 0.2) is 18.3 Å². The van der Waals surface area contributed by atoms with E-state index in [0.717, 1.165) is 30.9 Å². The van der Waals surface area contributed by atoms with Gasteiger partial charge in [0.2, 0.25) is 0 Å². The van der Waals surface area contributed by atoms with Gasteiger partial charge in [-0.25, -0.2) is 4.98 Å². The maximum Gasteiger partial charge on any atom is 0.128 e. The third kappa shape index (κ3) is 2.88. The van der Waals surface area contributed by atoms with Crippen LogP contribution in [0.3, 0.4) is 0 Å². The van der Waals surface area contributed by atoms with Crippen molar-refractivity contribution in [1.82, 2.24) is 4.98 Å². The molecule has 0 fully saturated rings. The minimum atomic E-state index is 0.535. The molecule has 0 atom stereocenters. The first-order valence-corrected chi connectivity index (χ1v) is 5.61. The number of rotatable bonds is 5. The van der Waals surface area contributed by atoms with E-state index in [1.54, 1.807) is 0 Å². The summed E-state index contributed by atoms with van der Waals surface area (Å²) in [4.78, 5) is 6.64. The highest BCUT2D eigenvalue weighted by Crippen LogP contribution is 2.12. The van der Waals surface area contributed by atoms with Crippen molar-refractivity contribution in [1.29, 1.82) is 0 Å². The van der Waals surface area contributed by atoms with Crippen molar-refractivity contribution in [3.8, 4) is 0 Å². The van der Waals surface area contributed by atoms with Crippen LogP contribution in [-0.4, -0.2) is 18.1 Å². The van der Waals surface area contributed by atoms with Gasteiger partial charge in [0.05, 0.1) is 0 Å². The van der Waals surface area contributed by atoms with Crippen molar-refractivity contribution < 1.29 is 0 Å². The fourth-order valence-corrected chi connectivity index (χ4v) is 1.55. The maximum atomic E-state index is 5.70. The second kappa shape index (κ2) is 5.86. The first-order chi connectivity index (χ1) is 6.81. The van der Waals surface area contributed by atoms with Gasteiger partial charge in [-0.1, -0.05) is 13.0 Å². The quantitative estimate of drug-likeness (QED) is 0.698. The molecular formula is C11H17ClN2. The molecule has 0 saturated carbocycles. The first-order valence-electron chi connectivity index (χ1n) is 5.07. The number of halogens is 1. The summed E-state index contributed by atoms with van der Waals surface area (Å²) in [6.07, 6.45) is 2.99. The van der Waals surface area contributed by atoms with E-state index in [-0.39, 0.29) is 0 Å². The van der Waals surface area contributed by atoms with E-state index in [1.807, 2.05) is 18.3 Å². The normalized spacial score (nSPS) is 10.2. The number of hydrogen-bond acceptors (Lipinski definition) is 2. The van der Waals surface area contributed by atoms with Gasteiger partial charge >= 0.3 is 0 Å². The van der Waals surface area contributed by atoms with Crippen LogP contribution in [0, 0.1) is 0 Å². The predicted molar refractivity (Wildman–Crippen MR) is 62.0 cm³/mol. The van der Waals surface area contributed by atoms with Crippen LogP contribution in [0.4, 0.5) is 5.82 Å². The second-order valence-corrected chi connectivity index (χ2v) is 3.51. The molecule has 1 aromatic heterocycles. The monoisotopic (exact) mass is 212 g/mol. The Morgan fingerprint density at radius 1 is 1.36 bits per heavy atom. The minimum absolute atomic E-state index is 0.535. The van der Waals surface area contributed by atoms with Crippen LogP contribution in [0.2, 0.25) is 0 Å². The standard InChI is InChI=1S/C11H17ClN2/c1-3-7-14(4-2)11-6-5-10(8-12)9-13-11/h5-6,9H,3-4,7-8H2,1-2H3. The van der Waals surface area contributed by atoms with E-state index >= 15 is 0 Å². The van der Waals surface area contributed by atoms with Crippen molar-refractivity contribution >= 4 is 17.4 Å². The molecule has 78 valence electrons. The molecule has 0 aromatic carbocycles.